The Bertz CT molecular complexity index is 2380. The molecular weight excluding hydrogens is 767 g/mol. The molecule has 0 saturated carbocycles. The van der Waals surface area contributed by atoms with Gasteiger partial charge in [0.05, 0.1) is 5.58 Å². The van der Waals surface area contributed by atoms with Crippen LogP contribution in [0.4, 0.5) is 0 Å². The van der Waals surface area contributed by atoms with Crippen molar-refractivity contribution in [1.29, 1.82) is 0 Å². The average molecular weight is 802 g/mol. The summed E-state index contributed by atoms with van der Waals surface area (Å²) in [5, 5.41) is 4.39. The van der Waals surface area contributed by atoms with Gasteiger partial charge in [-0.25, -0.2) is 0 Å². The molecule has 1 radical (unpaired) electrons. The minimum Gasteiger partial charge on any atom is -0.506 e. The SMILES string of the molecule is Cc1c[c-]c(-c2cc(C)c(C)cn2)cc1C.Cc1ccc2c(-c3ccc(-c4[c-]c5ccoc5c5ncc(C)cc45)nc3)cccc2c1.[Ir]. The van der Waals surface area contributed by atoms with Crippen molar-refractivity contribution in [2.45, 2.75) is 41.5 Å². The fourth-order valence-corrected chi connectivity index (χ4v) is 5.88. The molecule has 4 aromatic carbocycles. The third-order valence-corrected chi connectivity index (χ3v) is 8.88. The molecule has 0 fully saturated rings. The van der Waals surface area contributed by atoms with E-state index in [1.807, 2.05) is 37.6 Å². The zero-order chi connectivity index (χ0) is 32.7. The molecule has 4 nitrogen and oxygen atoms in total. The molecule has 4 aromatic heterocycles. The molecule has 48 heavy (non-hydrogen) atoms. The summed E-state index contributed by atoms with van der Waals surface area (Å²) in [6, 6.07) is 34.3. The smallest absolute Gasteiger partial charge is 0.0847 e. The Morgan fingerprint density at radius 2 is 1.44 bits per heavy atom. The van der Waals surface area contributed by atoms with Crippen LogP contribution in [-0.2, 0) is 20.1 Å². The van der Waals surface area contributed by atoms with Crippen molar-refractivity contribution in [2.75, 3.05) is 0 Å². The van der Waals surface area contributed by atoms with Crippen LogP contribution in [0.25, 0.3) is 66.3 Å². The molecule has 5 heteroatoms. The monoisotopic (exact) mass is 802 g/mol. The molecule has 0 N–H and O–H groups in total. The quantitative estimate of drug-likeness (QED) is 0.167. The molecule has 0 bridgehead atoms. The summed E-state index contributed by atoms with van der Waals surface area (Å²) < 4.78 is 5.67. The third kappa shape index (κ3) is 6.44. The van der Waals surface area contributed by atoms with Gasteiger partial charge in [-0.1, -0.05) is 108 Å². The minimum atomic E-state index is 0. The van der Waals surface area contributed by atoms with Crippen LogP contribution < -0.4 is 0 Å². The maximum absolute atomic E-state index is 5.67. The molecule has 0 amide bonds. The van der Waals surface area contributed by atoms with Gasteiger partial charge in [-0.2, -0.15) is 0 Å². The molecule has 0 spiro atoms. The predicted molar refractivity (Wildman–Crippen MR) is 193 cm³/mol. The molecular formula is C43H35IrN3O-2. The van der Waals surface area contributed by atoms with Crippen molar-refractivity contribution in [2.24, 2.45) is 0 Å². The van der Waals surface area contributed by atoms with Gasteiger partial charge < -0.3 is 9.40 Å². The average Bonchev–Trinajstić information content (AvgIpc) is 3.56. The third-order valence-electron chi connectivity index (χ3n) is 8.88. The van der Waals surface area contributed by atoms with Crippen LogP contribution in [0, 0.1) is 53.7 Å². The van der Waals surface area contributed by atoms with Crippen LogP contribution in [-0.4, -0.2) is 15.0 Å². The molecule has 0 unspecified atom stereocenters. The Morgan fingerprint density at radius 3 is 2.21 bits per heavy atom. The normalized spacial score (nSPS) is 11.0. The molecule has 0 aliphatic carbocycles. The summed E-state index contributed by atoms with van der Waals surface area (Å²) >= 11 is 0. The van der Waals surface area contributed by atoms with E-state index in [2.05, 4.69) is 123 Å². The number of benzene rings is 4. The largest absolute Gasteiger partial charge is 0.506 e. The van der Waals surface area contributed by atoms with E-state index in [-0.39, 0.29) is 20.1 Å². The van der Waals surface area contributed by atoms with Crippen molar-refractivity contribution < 1.29 is 24.5 Å². The molecule has 0 saturated heterocycles. The molecule has 239 valence electrons. The van der Waals surface area contributed by atoms with Gasteiger partial charge in [-0.05, 0) is 66.4 Å². The second kappa shape index (κ2) is 13.6. The van der Waals surface area contributed by atoms with E-state index in [4.69, 9.17) is 9.40 Å². The summed E-state index contributed by atoms with van der Waals surface area (Å²) in [6.07, 6.45) is 7.43. The van der Waals surface area contributed by atoms with Crippen LogP contribution in [0.3, 0.4) is 0 Å². The number of pyridine rings is 3. The van der Waals surface area contributed by atoms with E-state index in [9.17, 15) is 0 Å². The van der Waals surface area contributed by atoms with Crippen molar-refractivity contribution in [3.8, 4) is 33.6 Å². The standard InChI is InChI=1S/C28H19N2O.C15H16N.Ir/c1-17-6-8-23-19(12-17)4-3-5-22(23)21-7-9-26(29-16-21)24-14-20-10-11-31-28(20)27-25(24)13-18(2)15-30-27;1-10-5-6-14(7-11(10)2)15-8-12(3)13(4)9-16-15;/h3-13,15-16H,1-2H3;5,7-9H,1-4H3;/q2*-1;. The number of fused-ring (bicyclic) bond motifs is 4. The van der Waals surface area contributed by atoms with Crippen molar-refractivity contribution in [3.05, 3.63) is 149 Å². The van der Waals surface area contributed by atoms with Crippen molar-refractivity contribution >= 4 is 32.6 Å². The van der Waals surface area contributed by atoms with Gasteiger partial charge in [-0.15, -0.1) is 41.0 Å². The Labute approximate surface area is 295 Å². The number of aryl methyl sites for hydroxylation is 6. The maximum Gasteiger partial charge on any atom is 0.0847 e. The first kappa shape index (κ1) is 33.0. The molecule has 0 atom stereocenters. The molecule has 0 aliphatic rings. The van der Waals surface area contributed by atoms with Crippen LogP contribution in [0.15, 0.2) is 108 Å². The number of hydrogen-bond acceptors (Lipinski definition) is 4. The van der Waals surface area contributed by atoms with E-state index in [0.717, 1.165) is 55.5 Å². The van der Waals surface area contributed by atoms with Crippen LogP contribution in [0.5, 0.6) is 0 Å². The minimum absolute atomic E-state index is 0. The molecule has 8 aromatic rings. The summed E-state index contributed by atoms with van der Waals surface area (Å²) in [5.41, 5.74) is 15.2. The Kier molecular flexibility index (Phi) is 9.37. The molecule has 0 aliphatic heterocycles. The van der Waals surface area contributed by atoms with Crippen LogP contribution in [0.1, 0.15) is 33.4 Å². The summed E-state index contributed by atoms with van der Waals surface area (Å²) in [6.45, 7) is 12.6. The van der Waals surface area contributed by atoms with Gasteiger partial charge in [0.1, 0.15) is 0 Å². The first-order chi connectivity index (χ1) is 22.7. The predicted octanol–water partition coefficient (Wildman–Crippen LogP) is 11.1. The number of hydrogen-bond donors (Lipinski definition) is 0. The fraction of sp³-hybridized carbons (Fsp3) is 0.140. The van der Waals surface area contributed by atoms with E-state index in [1.165, 1.54) is 44.2 Å². The summed E-state index contributed by atoms with van der Waals surface area (Å²) in [4.78, 5) is 13.9. The van der Waals surface area contributed by atoms with Gasteiger partial charge in [0.2, 0.25) is 0 Å². The Morgan fingerprint density at radius 1 is 0.625 bits per heavy atom. The molecule has 4 heterocycles. The first-order valence-electron chi connectivity index (χ1n) is 15.8. The Hall–Kier alpha value is -4.96. The van der Waals surface area contributed by atoms with Gasteiger partial charge in [-0.3, -0.25) is 9.97 Å². The van der Waals surface area contributed by atoms with E-state index < -0.39 is 0 Å². The summed E-state index contributed by atoms with van der Waals surface area (Å²) in [7, 11) is 0. The maximum atomic E-state index is 5.67. The van der Waals surface area contributed by atoms with Gasteiger partial charge in [0, 0.05) is 56.2 Å². The number of furan rings is 1. The van der Waals surface area contributed by atoms with E-state index >= 15 is 0 Å². The topological polar surface area (TPSA) is 51.8 Å². The second-order valence-corrected chi connectivity index (χ2v) is 12.4. The van der Waals surface area contributed by atoms with Crippen LogP contribution in [0.2, 0.25) is 0 Å². The zero-order valence-electron chi connectivity index (χ0n) is 27.9. The fourth-order valence-electron chi connectivity index (χ4n) is 5.88. The Balaban J connectivity index is 0.000000201. The summed E-state index contributed by atoms with van der Waals surface area (Å²) in [5.74, 6) is 0. The van der Waals surface area contributed by atoms with E-state index in [1.54, 1.807) is 6.26 Å². The van der Waals surface area contributed by atoms with Crippen LogP contribution >= 0.6 is 0 Å². The van der Waals surface area contributed by atoms with Gasteiger partial charge in [0.25, 0.3) is 0 Å². The molecule has 8 rings (SSSR count). The second-order valence-electron chi connectivity index (χ2n) is 12.4. The number of aromatic nitrogens is 3. The number of rotatable bonds is 3. The first-order valence-corrected chi connectivity index (χ1v) is 15.8. The van der Waals surface area contributed by atoms with Crippen molar-refractivity contribution in [3.63, 3.8) is 0 Å². The van der Waals surface area contributed by atoms with E-state index in [0.29, 0.717) is 0 Å². The van der Waals surface area contributed by atoms with Gasteiger partial charge in [0.15, 0.2) is 0 Å². The van der Waals surface area contributed by atoms with Crippen molar-refractivity contribution in [1.82, 2.24) is 15.0 Å². The zero-order valence-corrected chi connectivity index (χ0v) is 30.3. The number of nitrogens with zero attached hydrogens (tertiary/aromatic N) is 3. The van der Waals surface area contributed by atoms with Gasteiger partial charge >= 0.3 is 0 Å².